The SMILES string of the molecule is O=Cc1c(CCCN2CCCC2)oc2ccc(-c3ccc(OCC(O)CNc4ccncc4)cc3)cc12. The molecule has 1 fully saturated rings. The van der Waals surface area contributed by atoms with E-state index in [0.29, 0.717) is 17.9 Å². The lowest BCUT2D eigenvalue weighted by Gasteiger charge is -2.14. The van der Waals surface area contributed by atoms with Gasteiger partial charge in [-0.25, -0.2) is 0 Å². The molecule has 0 bridgehead atoms. The topological polar surface area (TPSA) is 87.8 Å². The van der Waals surface area contributed by atoms with Crippen LogP contribution in [0.15, 0.2) is 71.4 Å². The number of rotatable bonds is 12. The first-order chi connectivity index (χ1) is 18.2. The van der Waals surface area contributed by atoms with Crippen molar-refractivity contribution in [3.05, 3.63) is 78.3 Å². The highest BCUT2D eigenvalue weighted by Gasteiger charge is 2.16. The number of aryl methyl sites for hydroxylation is 1. The fraction of sp³-hybridized carbons (Fsp3) is 0.333. The van der Waals surface area contributed by atoms with Crippen molar-refractivity contribution in [2.24, 2.45) is 0 Å². The van der Waals surface area contributed by atoms with Gasteiger partial charge in [0, 0.05) is 36.4 Å². The van der Waals surface area contributed by atoms with Crippen LogP contribution in [0, 0.1) is 0 Å². The van der Waals surface area contributed by atoms with Crippen LogP contribution in [0.1, 0.15) is 35.4 Å². The summed E-state index contributed by atoms with van der Waals surface area (Å²) < 4.78 is 11.8. The van der Waals surface area contributed by atoms with Gasteiger partial charge in [-0.1, -0.05) is 18.2 Å². The molecule has 7 nitrogen and oxygen atoms in total. The maximum absolute atomic E-state index is 12.0. The summed E-state index contributed by atoms with van der Waals surface area (Å²) in [5, 5.41) is 14.2. The Hall–Kier alpha value is -3.68. The zero-order valence-electron chi connectivity index (χ0n) is 20.9. The van der Waals surface area contributed by atoms with Crippen LogP contribution in [0.4, 0.5) is 5.69 Å². The molecule has 1 saturated heterocycles. The average molecular weight is 500 g/mol. The molecule has 1 unspecified atom stereocenters. The van der Waals surface area contributed by atoms with Crippen molar-refractivity contribution in [1.29, 1.82) is 0 Å². The first kappa shape index (κ1) is 25.0. The maximum atomic E-state index is 12.0. The number of fused-ring (bicyclic) bond motifs is 1. The van der Waals surface area contributed by atoms with E-state index < -0.39 is 6.10 Å². The van der Waals surface area contributed by atoms with Gasteiger partial charge >= 0.3 is 0 Å². The zero-order valence-corrected chi connectivity index (χ0v) is 20.9. The molecule has 0 amide bonds. The smallest absolute Gasteiger partial charge is 0.154 e. The predicted molar refractivity (Wildman–Crippen MR) is 145 cm³/mol. The van der Waals surface area contributed by atoms with Gasteiger partial charge in [0.05, 0.1) is 5.56 Å². The molecule has 0 saturated carbocycles. The standard InChI is InChI=1S/C30H33N3O4/c34-20-28-27-18-23(7-10-30(27)37-29(28)4-3-17-33-15-1-2-16-33)22-5-8-26(9-6-22)36-21-25(35)19-32-24-11-13-31-14-12-24/h5-14,18,20,25,35H,1-4,15-17,19,21H2,(H,31,32). The van der Waals surface area contributed by atoms with Gasteiger partial charge in [0.1, 0.15) is 29.8 Å². The van der Waals surface area contributed by atoms with E-state index in [9.17, 15) is 9.90 Å². The van der Waals surface area contributed by atoms with E-state index >= 15 is 0 Å². The number of pyridine rings is 1. The molecule has 37 heavy (non-hydrogen) atoms. The van der Waals surface area contributed by atoms with E-state index in [4.69, 9.17) is 9.15 Å². The van der Waals surface area contributed by atoms with Gasteiger partial charge in [-0.2, -0.15) is 0 Å². The summed E-state index contributed by atoms with van der Waals surface area (Å²) in [4.78, 5) is 18.4. The van der Waals surface area contributed by atoms with E-state index in [2.05, 4.69) is 15.2 Å². The van der Waals surface area contributed by atoms with Gasteiger partial charge in [0.2, 0.25) is 0 Å². The summed E-state index contributed by atoms with van der Waals surface area (Å²) in [7, 11) is 0. The van der Waals surface area contributed by atoms with Crippen molar-refractivity contribution in [3.63, 3.8) is 0 Å². The van der Waals surface area contributed by atoms with Crippen molar-refractivity contribution in [2.45, 2.75) is 31.8 Å². The van der Waals surface area contributed by atoms with Crippen LogP contribution in [0.3, 0.4) is 0 Å². The number of nitrogens with one attached hydrogen (secondary N) is 1. The molecule has 1 aliphatic rings. The molecule has 0 aliphatic carbocycles. The third-order valence-corrected chi connectivity index (χ3v) is 6.85. The summed E-state index contributed by atoms with van der Waals surface area (Å²) in [5.41, 5.74) is 4.33. The Bertz CT molecular complexity index is 1300. The Morgan fingerprint density at radius 3 is 2.57 bits per heavy atom. The van der Waals surface area contributed by atoms with Gasteiger partial charge in [-0.05, 0) is 86.4 Å². The first-order valence-electron chi connectivity index (χ1n) is 13.0. The average Bonchev–Trinajstić information content (AvgIpc) is 3.58. The largest absolute Gasteiger partial charge is 0.491 e. The molecule has 0 spiro atoms. The molecule has 4 aromatic rings. The fourth-order valence-electron chi connectivity index (χ4n) is 4.83. The van der Waals surface area contributed by atoms with Crippen LogP contribution < -0.4 is 10.1 Å². The molecule has 5 rings (SSSR count). The summed E-state index contributed by atoms with van der Waals surface area (Å²) in [6.45, 7) is 3.97. The van der Waals surface area contributed by atoms with Crippen LogP contribution >= 0.6 is 0 Å². The number of aldehydes is 1. The number of aliphatic hydroxyl groups excluding tert-OH is 1. The van der Waals surface area contributed by atoms with E-state index in [1.165, 1.54) is 25.9 Å². The summed E-state index contributed by atoms with van der Waals surface area (Å²) >= 11 is 0. The second-order valence-electron chi connectivity index (χ2n) is 9.53. The molecule has 1 aliphatic heterocycles. The third kappa shape index (κ3) is 6.37. The monoisotopic (exact) mass is 499 g/mol. The van der Waals surface area contributed by atoms with Crippen molar-refractivity contribution >= 4 is 22.9 Å². The minimum absolute atomic E-state index is 0.182. The van der Waals surface area contributed by atoms with Crippen LogP contribution in [-0.2, 0) is 6.42 Å². The number of nitrogens with zero attached hydrogens (tertiary/aromatic N) is 2. The van der Waals surface area contributed by atoms with Crippen LogP contribution in [0.5, 0.6) is 5.75 Å². The number of hydrogen-bond acceptors (Lipinski definition) is 7. The maximum Gasteiger partial charge on any atom is 0.154 e. The molecular weight excluding hydrogens is 466 g/mol. The summed E-state index contributed by atoms with van der Waals surface area (Å²) in [5.74, 6) is 1.46. The molecule has 2 aromatic carbocycles. The van der Waals surface area contributed by atoms with Gasteiger partial charge < -0.3 is 24.5 Å². The van der Waals surface area contributed by atoms with E-state index in [0.717, 1.165) is 59.2 Å². The molecule has 7 heteroatoms. The van der Waals surface area contributed by atoms with E-state index in [1.807, 2.05) is 54.6 Å². The highest BCUT2D eigenvalue weighted by Crippen LogP contribution is 2.31. The number of hydrogen-bond donors (Lipinski definition) is 2. The van der Waals surface area contributed by atoms with Crippen LogP contribution in [0.2, 0.25) is 0 Å². The van der Waals surface area contributed by atoms with Gasteiger partial charge in [-0.3, -0.25) is 9.78 Å². The molecule has 1 atom stereocenters. The van der Waals surface area contributed by atoms with E-state index in [-0.39, 0.29) is 6.61 Å². The second kappa shape index (κ2) is 12.0. The fourth-order valence-corrected chi connectivity index (χ4v) is 4.83. The number of carbonyl (C=O) groups is 1. The number of ether oxygens (including phenoxy) is 1. The third-order valence-electron chi connectivity index (χ3n) is 6.85. The quantitative estimate of drug-likeness (QED) is 0.260. The van der Waals surface area contributed by atoms with Gasteiger partial charge in [0.15, 0.2) is 6.29 Å². The first-order valence-corrected chi connectivity index (χ1v) is 13.0. The zero-order chi connectivity index (χ0) is 25.5. The van der Waals surface area contributed by atoms with Crippen molar-refractivity contribution in [3.8, 4) is 16.9 Å². The Labute approximate surface area is 217 Å². The number of furan rings is 1. The number of aliphatic hydroxyl groups is 1. The molecule has 2 aromatic heterocycles. The van der Waals surface area contributed by atoms with Crippen molar-refractivity contribution in [2.75, 3.05) is 38.1 Å². The molecule has 2 N–H and O–H groups in total. The lowest BCUT2D eigenvalue weighted by Crippen LogP contribution is -2.26. The van der Waals surface area contributed by atoms with Gasteiger partial charge in [-0.15, -0.1) is 0 Å². The van der Waals surface area contributed by atoms with Crippen molar-refractivity contribution < 1.29 is 19.1 Å². The minimum atomic E-state index is -0.650. The number of benzene rings is 2. The Morgan fingerprint density at radius 1 is 1.05 bits per heavy atom. The van der Waals surface area contributed by atoms with Crippen molar-refractivity contribution in [1.82, 2.24) is 9.88 Å². The lowest BCUT2D eigenvalue weighted by atomic mass is 10.0. The number of aromatic nitrogens is 1. The number of carbonyl (C=O) groups excluding carboxylic acids is 1. The minimum Gasteiger partial charge on any atom is -0.491 e. The molecular formula is C30H33N3O4. The highest BCUT2D eigenvalue weighted by molar-refractivity contribution is 5.99. The van der Waals surface area contributed by atoms with Crippen LogP contribution in [-0.4, -0.2) is 60.2 Å². The lowest BCUT2D eigenvalue weighted by molar-refractivity contribution is 0.112. The molecule has 3 heterocycles. The predicted octanol–water partition coefficient (Wildman–Crippen LogP) is 5.19. The number of likely N-dealkylation sites (tertiary alicyclic amines) is 1. The Kier molecular flexibility index (Phi) is 8.13. The number of anilines is 1. The summed E-state index contributed by atoms with van der Waals surface area (Å²) in [6, 6.07) is 17.4. The normalized spacial score (nSPS) is 14.6. The van der Waals surface area contributed by atoms with Crippen LogP contribution in [0.25, 0.3) is 22.1 Å². The van der Waals surface area contributed by atoms with Gasteiger partial charge in [0.25, 0.3) is 0 Å². The molecule has 192 valence electrons. The summed E-state index contributed by atoms with van der Waals surface area (Å²) in [6.07, 6.45) is 8.00. The molecule has 0 radical (unpaired) electrons. The Morgan fingerprint density at radius 2 is 1.81 bits per heavy atom. The Balaban J connectivity index is 1.19. The second-order valence-corrected chi connectivity index (χ2v) is 9.53. The van der Waals surface area contributed by atoms with E-state index in [1.54, 1.807) is 12.4 Å². The highest BCUT2D eigenvalue weighted by atomic mass is 16.5.